The van der Waals surface area contributed by atoms with Crippen molar-refractivity contribution in [3.8, 4) is 0 Å². The van der Waals surface area contributed by atoms with Crippen molar-refractivity contribution < 1.29 is 13.9 Å². The predicted molar refractivity (Wildman–Crippen MR) is 111 cm³/mol. The number of rotatable bonds is 5. The zero-order valence-corrected chi connectivity index (χ0v) is 17.3. The molecule has 0 amide bonds. The number of fused-ring (bicyclic) bond motifs is 3. The summed E-state index contributed by atoms with van der Waals surface area (Å²) in [6, 6.07) is 6.04. The largest absolute Gasteiger partial charge is 0.454 e. The maximum Gasteiger partial charge on any atom is 0.306 e. The summed E-state index contributed by atoms with van der Waals surface area (Å²) < 4.78 is 18.4. The minimum Gasteiger partial charge on any atom is -0.454 e. The van der Waals surface area contributed by atoms with E-state index < -0.39 is 6.10 Å². The summed E-state index contributed by atoms with van der Waals surface area (Å²) in [5.74, 6) is 0.295. The van der Waals surface area contributed by atoms with Gasteiger partial charge in [-0.3, -0.25) is 9.59 Å². The third kappa shape index (κ3) is 4.24. The van der Waals surface area contributed by atoms with Crippen molar-refractivity contribution in [2.24, 2.45) is 5.92 Å². The number of carbonyl (C=O) groups is 1. The van der Waals surface area contributed by atoms with Gasteiger partial charge in [-0.25, -0.2) is 9.37 Å². The smallest absolute Gasteiger partial charge is 0.306 e. The quantitative estimate of drug-likeness (QED) is 0.625. The molecule has 0 bridgehead atoms. The summed E-state index contributed by atoms with van der Waals surface area (Å²) in [6.45, 7) is 3.93. The fourth-order valence-corrected chi connectivity index (χ4v) is 5.16. The lowest BCUT2D eigenvalue weighted by molar-refractivity contribution is -0.148. The number of H-pyrrole nitrogens is 1. The molecule has 0 spiro atoms. The predicted octanol–water partition coefficient (Wildman–Crippen LogP) is 4.49. The number of carbonyl (C=O) groups excluding carboxylic acids is 1. The Labute approximate surface area is 171 Å². The van der Waals surface area contributed by atoms with Crippen LogP contribution in [0, 0.1) is 11.7 Å². The van der Waals surface area contributed by atoms with Crippen LogP contribution in [0.4, 0.5) is 4.39 Å². The molecule has 152 valence electrons. The van der Waals surface area contributed by atoms with Crippen LogP contribution in [0.5, 0.6) is 0 Å². The van der Waals surface area contributed by atoms with E-state index in [1.54, 1.807) is 30.4 Å². The molecule has 0 aliphatic heterocycles. The van der Waals surface area contributed by atoms with Crippen molar-refractivity contribution in [2.45, 2.75) is 52.1 Å². The summed E-state index contributed by atoms with van der Waals surface area (Å²) in [5.41, 5.74) is 1.83. The third-order valence-corrected chi connectivity index (χ3v) is 6.56. The lowest BCUT2D eigenvalue weighted by atomic mass is 9.89. The molecule has 2 aromatic heterocycles. The highest BCUT2D eigenvalue weighted by atomic mass is 32.1. The Hall–Kier alpha value is -2.54. The topological polar surface area (TPSA) is 72.0 Å². The van der Waals surface area contributed by atoms with Gasteiger partial charge < -0.3 is 9.72 Å². The molecule has 7 heteroatoms. The van der Waals surface area contributed by atoms with Crippen molar-refractivity contribution >= 4 is 27.5 Å². The summed E-state index contributed by atoms with van der Waals surface area (Å²) in [6.07, 6.45) is 2.97. The van der Waals surface area contributed by atoms with E-state index in [0.717, 1.165) is 35.2 Å². The Kier molecular flexibility index (Phi) is 5.50. The molecule has 0 unspecified atom stereocenters. The number of esters is 1. The molecular weight excluding hydrogens is 391 g/mol. The number of thiophene rings is 1. The van der Waals surface area contributed by atoms with Crippen LogP contribution in [0.15, 0.2) is 29.1 Å². The molecule has 0 fully saturated rings. The Morgan fingerprint density at radius 1 is 1.38 bits per heavy atom. The van der Waals surface area contributed by atoms with Crippen molar-refractivity contribution in [3.05, 3.63) is 62.3 Å². The highest BCUT2D eigenvalue weighted by Crippen LogP contribution is 2.36. The van der Waals surface area contributed by atoms with Gasteiger partial charge in [0.15, 0.2) is 11.9 Å². The van der Waals surface area contributed by atoms with Crippen molar-refractivity contribution in [1.82, 2.24) is 9.97 Å². The molecule has 1 aliphatic carbocycles. The van der Waals surface area contributed by atoms with Crippen LogP contribution in [0.1, 0.15) is 54.6 Å². The molecule has 5 nitrogen and oxygen atoms in total. The molecular formula is C22H23FN2O3S. The first-order chi connectivity index (χ1) is 13.9. The first-order valence-electron chi connectivity index (χ1n) is 9.89. The summed E-state index contributed by atoms with van der Waals surface area (Å²) in [4.78, 5) is 34.2. The second-order valence-electron chi connectivity index (χ2n) is 7.74. The molecule has 2 heterocycles. The van der Waals surface area contributed by atoms with E-state index >= 15 is 0 Å². The van der Waals surface area contributed by atoms with E-state index in [0.29, 0.717) is 23.5 Å². The number of aromatic amines is 1. The fourth-order valence-electron chi connectivity index (χ4n) is 3.77. The third-order valence-electron chi connectivity index (χ3n) is 5.41. The molecule has 1 aromatic carbocycles. The SMILES string of the molecule is C[C@@H]1CCc2c(sc3nc([C@@H](C)OC(=O)CCc4ccc(F)cc4)[nH]c(=O)c23)C1. The molecule has 0 radical (unpaired) electrons. The van der Waals surface area contributed by atoms with Gasteiger partial charge in [0.25, 0.3) is 5.56 Å². The Balaban J connectivity index is 1.46. The molecule has 29 heavy (non-hydrogen) atoms. The van der Waals surface area contributed by atoms with Gasteiger partial charge in [-0.2, -0.15) is 0 Å². The van der Waals surface area contributed by atoms with E-state index in [1.807, 2.05) is 0 Å². The number of nitrogens with one attached hydrogen (secondary N) is 1. The van der Waals surface area contributed by atoms with Crippen LogP contribution >= 0.6 is 11.3 Å². The second kappa shape index (κ2) is 8.06. The van der Waals surface area contributed by atoms with Gasteiger partial charge in [0.2, 0.25) is 0 Å². The van der Waals surface area contributed by atoms with Crippen LogP contribution in [0.3, 0.4) is 0 Å². The van der Waals surface area contributed by atoms with E-state index in [2.05, 4.69) is 16.9 Å². The van der Waals surface area contributed by atoms with Crippen molar-refractivity contribution in [3.63, 3.8) is 0 Å². The number of benzene rings is 1. The maximum atomic E-state index is 13.0. The first kappa shape index (κ1) is 19.8. The van der Waals surface area contributed by atoms with Crippen LogP contribution < -0.4 is 5.56 Å². The molecule has 4 rings (SSSR count). The van der Waals surface area contributed by atoms with Gasteiger partial charge in [-0.15, -0.1) is 11.3 Å². The number of ether oxygens (including phenoxy) is 1. The van der Waals surface area contributed by atoms with Crippen LogP contribution in [-0.4, -0.2) is 15.9 Å². The highest BCUT2D eigenvalue weighted by Gasteiger charge is 2.24. The molecule has 0 saturated heterocycles. The lowest BCUT2D eigenvalue weighted by Crippen LogP contribution is -2.18. The van der Waals surface area contributed by atoms with Crippen molar-refractivity contribution in [1.29, 1.82) is 0 Å². The standard InChI is InChI=1S/C22H23FN2O3S/c1-12-3-9-16-17(11-12)29-22-19(16)21(27)24-20(25-22)13(2)28-18(26)10-6-14-4-7-15(23)8-5-14/h4-5,7-8,12-13H,3,6,9-11H2,1-2H3,(H,24,25,27)/t12-,13-/m1/s1. The molecule has 0 saturated carbocycles. The number of halogens is 1. The Morgan fingerprint density at radius 2 is 2.14 bits per heavy atom. The minimum absolute atomic E-state index is 0.161. The van der Waals surface area contributed by atoms with E-state index in [-0.39, 0.29) is 23.8 Å². The van der Waals surface area contributed by atoms with Gasteiger partial charge in [0.05, 0.1) is 5.39 Å². The van der Waals surface area contributed by atoms with Gasteiger partial charge in [-0.05, 0) is 61.8 Å². The molecule has 1 aliphatic rings. The van der Waals surface area contributed by atoms with Crippen molar-refractivity contribution in [2.75, 3.05) is 0 Å². The number of aromatic nitrogens is 2. The number of aryl methyl sites for hydroxylation is 2. The second-order valence-corrected chi connectivity index (χ2v) is 8.83. The van der Waals surface area contributed by atoms with Gasteiger partial charge in [0.1, 0.15) is 10.6 Å². The van der Waals surface area contributed by atoms with Gasteiger partial charge in [-0.1, -0.05) is 19.1 Å². The maximum absolute atomic E-state index is 13.0. The number of nitrogens with zero attached hydrogens (tertiary/aromatic N) is 1. The minimum atomic E-state index is -0.647. The average Bonchev–Trinajstić information content (AvgIpc) is 3.05. The van der Waals surface area contributed by atoms with Crippen LogP contribution in [0.25, 0.3) is 10.2 Å². The fraction of sp³-hybridized carbons (Fsp3) is 0.409. The Bertz CT molecular complexity index is 1100. The number of hydrogen-bond donors (Lipinski definition) is 1. The van der Waals surface area contributed by atoms with E-state index in [1.165, 1.54) is 17.0 Å². The van der Waals surface area contributed by atoms with Crippen LogP contribution in [-0.2, 0) is 28.8 Å². The highest BCUT2D eigenvalue weighted by molar-refractivity contribution is 7.18. The van der Waals surface area contributed by atoms with Gasteiger partial charge in [0, 0.05) is 11.3 Å². The van der Waals surface area contributed by atoms with E-state index in [9.17, 15) is 14.0 Å². The molecule has 2 atom stereocenters. The molecule has 3 aromatic rings. The summed E-state index contributed by atoms with van der Waals surface area (Å²) in [5, 5.41) is 0.690. The molecule has 1 N–H and O–H groups in total. The van der Waals surface area contributed by atoms with Gasteiger partial charge >= 0.3 is 5.97 Å². The lowest BCUT2D eigenvalue weighted by Gasteiger charge is -2.17. The van der Waals surface area contributed by atoms with Crippen LogP contribution in [0.2, 0.25) is 0 Å². The first-order valence-corrected chi connectivity index (χ1v) is 10.7. The monoisotopic (exact) mass is 414 g/mol. The van der Waals surface area contributed by atoms with E-state index in [4.69, 9.17) is 4.74 Å². The summed E-state index contributed by atoms with van der Waals surface area (Å²) in [7, 11) is 0. The number of hydrogen-bond acceptors (Lipinski definition) is 5. The zero-order valence-electron chi connectivity index (χ0n) is 16.5. The zero-order chi connectivity index (χ0) is 20.5. The summed E-state index contributed by atoms with van der Waals surface area (Å²) >= 11 is 1.57. The average molecular weight is 415 g/mol. The Morgan fingerprint density at radius 3 is 2.90 bits per heavy atom. The normalized spacial score (nSPS) is 17.1.